The van der Waals surface area contributed by atoms with E-state index in [0.29, 0.717) is 6.10 Å². The lowest BCUT2D eigenvalue weighted by Gasteiger charge is -2.18. The number of unbranched alkanes of at least 4 members (excludes halogenated alkanes) is 92. The maximum Gasteiger partial charge on any atom is 0.0575 e. The molecule has 0 aliphatic rings. The summed E-state index contributed by atoms with van der Waals surface area (Å²) in [7, 11) is 0. The molecule has 0 fully saturated rings. The Labute approximate surface area is 681 Å². The Bertz CT molecular complexity index is 1440. The fourth-order valence-corrected chi connectivity index (χ4v) is 17.7. The van der Waals surface area contributed by atoms with Crippen molar-refractivity contribution in [3.05, 3.63) is 0 Å². The second-order valence-corrected chi connectivity index (χ2v) is 36.6. The molecule has 1 unspecified atom stereocenters. The van der Waals surface area contributed by atoms with Gasteiger partial charge in [0.05, 0.1) is 6.10 Å². The third-order valence-electron chi connectivity index (χ3n) is 25.4. The first-order valence-electron chi connectivity index (χ1n) is 52.5. The standard InChI is InChI=1S/C105H212O2/c1-4-7-10-13-16-19-22-25-28-31-34-37-40-43-46-50-55-60-65-70-75-80-85-90-95-100-105(107-104-99-94-89-84-79-74-69-64-59-54-48-38-35-32-29-26-23-20-17-14-11-8-5-2)101-96-91-86-81-76-71-66-61-56-51-47-44-41-42-45-49-53-58-63-68-73-78-83-88-93-98-103-106-102-97-92-87-82-77-72-67-62-57-52-39-36-33-30-27-24-21-18-15-12-9-6-3/h105H,4-104H2,1-3H3. The molecule has 0 N–H and O–H groups in total. The van der Waals surface area contributed by atoms with Crippen LogP contribution in [-0.2, 0) is 9.47 Å². The minimum absolute atomic E-state index is 0.522. The van der Waals surface area contributed by atoms with E-state index in [1.165, 1.54) is 629 Å². The van der Waals surface area contributed by atoms with Gasteiger partial charge in [-0.15, -0.1) is 0 Å². The Balaban J connectivity index is 3.83. The zero-order valence-electron chi connectivity index (χ0n) is 75.8. The van der Waals surface area contributed by atoms with Crippen LogP contribution in [0, 0.1) is 0 Å². The largest absolute Gasteiger partial charge is 0.381 e. The quantitative estimate of drug-likeness (QED) is 0.0565. The van der Waals surface area contributed by atoms with Crippen LogP contribution in [0.5, 0.6) is 0 Å². The molecule has 1 atom stereocenters. The molecule has 0 radical (unpaired) electrons. The van der Waals surface area contributed by atoms with Gasteiger partial charge in [0.15, 0.2) is 0 Å². The zero-order valence-corrected chi connectivity index (χ0v) is 75.8. The van der Waals surface area contributed by atoms with Gasteiger partial charge in [0.25, 0.3) is 0 Å². The fraction of sp³-hybridized carbons (Fsp3) is 1.00. The Hall–Kier alpha value is -0.0800. The van der Waals surface area contributed by atoms with Gasteiger partial charge in [0, 0.05) is 19.8 Å². The van der Waals surface area contributed by atoms with Gasteiger partial charge in [-0.3, -0.25) is 0 Å². The maximum absolute atomic E-state index is 6.73. The molecule has 0 bridgehead atoms. The van der Waals surface area contributed by atoms with Crippen LogP contribution in [0.1, 0.15) is 650 Å². The fourth-order valence-electron chi connectivity index (χ4n) is 17.7. The smallest absolute Gasteiger partial charge is 0.0575 e. The van der Waals surface area contributed by atoms with Crippen molar-refractivity contribution in [1.82, 2.24) is 0 Å². The van der Waals surface area contributed by atoms with E-state index >= 15 is 0 Å². The van der Waals surface area contributed by atoms with Gasteiger partial charge in [-0.25, -0.2) is 0 Å². The predicted octanol–water partition coefficient (Wildman–Crippen LogP) is 39.7. The van der Waals surface area contributed by atoms with Crippen molar-refractivity contribution < 1.29 is 9.47 Å². The van der Waals surface area contributed by atoms with Crippen LogP contribution < -0.4 is 0 Å². The van der Waals surface area contributed by atoms with Crippen LogP contribution >= 0.6 is 0 Å². The van der Waals surface area contributed by atoms with Crippen LogP contribution in [-0.4, -0.2) is 25.9 Å². The molecule has 0 aromatic heterocycles. The van der Waals surface area contributed by atoms with Gasteiger partial charge in [-0.1, -0.05) is 618 Å². The highest BCUT2D eigenvalue weighted by atomic mass is 16.5. The van der Waals surface area contributed by atoms with E-state index in [0.717, 1.165) is 19.8 Å². The minimum Gasteiger partial charge on any atom is -0.381 e. The molecule has 2 nitrogen and oxygen atoms in total. The summed E-state index contributed by atoms with van der Waals surface area (Å²) in [5, 5.41) is 0. The van der Waals surface area contributed by atoms with Crippen LogP contribution in [0.2, 0.25) is 0 Å². The van der Waals surface area contributed by atoms with E-state index in [2.05, 4.69) is 20.8 Å². The van der Waals surface area contributed by atoms with Gasteiger partial charge in [-0.2, -0.15) is 0 Å². The molecule has 0 aromatic rings. The van der Waals surface area contributed by atoms with E-state index in [1.807, 2.05) is 0 Å². The van der Waals surface area contributed by atoms with Crippen molar-refractivity contribution in [2.45, 2.75) is 656 Å². The molecule has 107 heavy (non-hydrogen) atoms. The molecule has 0 rings (SSSR count). The van der Waals surface area contributed by atoms with E-state index in [9.17, 15) is 0 Å². The topological polar surface area (TPSA) is 18.5 Å². The highest BCUT2D eigenvalue weighted by molar-refractivity contribution is 4.63. The summed E-state index contributed by atoms with van der Waals surface area (Å²) in [4.78, 5) is 0. The minimum atomic E-state index is 0.522. The van der Waals surface area contributed by atoms with Crippen molar-refractivity contribution in [3.63, 3.8) is 0 Å². The van der Waals surface area contributed by atoms with E-state index < -0.39 is 0 Å². The monoisotopic (exact) mass is 1510 g/mol. The summed E-state index contributed by atoms with van der Waals surface area (Å²) in [6.45, 7) is 9.97. The summed E-state index contributed by atoms with van der Waals surface area (Å²) < 4.78 is 12.7. The molecule has 2 heteroatoms. The lowest BCUT2D eigenvalue weighted by atomic mass is 10.0. The molecular weight excluding hydrogens is 1290 g/mol. The molecule has 0 heterocycles. The third-order valence-corrected chi connectivity index (χ3v) is 25.4. The van der Waals surface area contributed by atoms with Gasteiger partial charge < -0.3 is 9.47 Å². The molecule has 0 saturated heterocycles. The molecule has 0 spiro atoms. The molecule has 0 saturated carbocycles. The lowest BCUT2D eigenvalue weighted by Crippen LogP contribution is -2.14. The number of hydrogen-bond donors (Lipinski definition) is 0. The molecule has 0 aromatic carbocycles. The highest BCUT2D eigenvalue weighted by Crippen LogP contribution is 2.24. The summed E-state index contributed by atoms with van der Waals surface area (Å²) in [6, 6.07) is 0. The van der Waals surface area contributed by atoms with E-state index in [4.69, 9.17) is 9.47 Å². The third kappa shape index (κ3) is 102. The van der Waals surface area contributed by atoms with Crippen molar-refractivity contribution >= 4 is 0 Å². The van der Waals surface area contributed by atoms with Gasteiger partial charge >= 0.3 is 0 Å². The Morgan fingerprint density at radius 1 is 0.112 bits per heavy atom. The van der Waals surface area contributed by atoms with Crippen molar-refractivity contribution in [2.24, 2.45) is 0 Å². The first kappa shape index (κ1) is 107. The van der Waals surface area contributed by atoms with Crippen molar-refractivity contribution in [2.75, 3.05) is 19.8 Å². The summed E-state index contributed by atoms with van der Waals surface area (Å²) >= 11 is 0. The number of ether oxygens (including phenoxy) is 2. The van der Waals surface area contributed by atoms with Crippen LogP contribution in [0.25, 0.3) is 0 Å². The number of rotatable bonds is 103. The van der Waals surface area contributed by atoms with Gasteiger partial charge in [0.2, 0.25) is 0 Å². The van der Waals surface area contributed by atoms with Gasteiger partial charge in [-0.05, 0) is 32.1 Å². The van der Waals surface area contributed by atoms with Crippen LogP contribution in [0.15, 0.2) is 0 Å². The molecule has 0 amide bonds. The second kappa shape index (κ2) is 104. The average Bonchev–Trinajstić information content (AvgIpc) is 1.67. The Kier molecular flexibility index (Phi) is 104. The number of hydrogen-bond acceptors (Lipinski definition) is 2. The highest BCUT2D eigenvalue weighted by Gasteiger charge is 2.11. The zero-order chi connectivity index (χ0) is 76.4. The summed E-state index contributed by atoms with van der Waals surface area (Å²) in [6.07, 6.45) is 143. The van der Waals surface area contributed by atoms with Gasteiger partial charge in [0.1, 0.15) is 0 Å². The molecule has 0 aliphatic heterocycles. The molecular formula is C105H212O2. The van der Waals surface area contributed by atoms with Crippen molar-refractivity contribution in [3.8, 4) is 0 Å². The first-order valence-corrected chi connectivity index (χ1v) is 52.5. The van der Waals surface area contributed by atoms with Crippen LogP contribution in [0.4, 0.5) is 0 Å². The predicted molar refractivity (Wildman–Crippen MR) is 490 cm³/mol. The van der Waals surface area contributed by atoms with Crippen LogP contribution in [0.3, 0.4) is 0 Å². The Morgan fingerprint density at radius 3 is 0.346 bits per heavy atom. The molecule has 0 aliphatic carbocycles. The summed E-state index contributed by atoms with van der Waals surface area (Å²) in [5.74, 6) is 0. The average molecular weight is 1510 g/mol. The maximum atomic E-state index is 6.73. The van der Waals surface area contributed by atoms with E-state index in [-0.39, 0.29) is 0 Å². The van der Waals surface area contributed by atoms with E-state index in [1.54, 1.807) is 0 Å². The second-order valence-electron chi connectivity index (χ2n) is 36.6. The summed E-state index contributed by atoms with van der Waals surface area (Å²) in [5.41, 5.74) is 0. The normalized spacial score (nSPS) is 12.1. The Morgan fingerprint density at radius 2 is 0.215 bits per heavy atom. The SMILES string of the molecule is CCCCCCCCCCCCCCCCCCCCCCCCCCCC(CCCCCCCCCCCCCCCCCCCCCCCCCCCCOCCCCCCCCCCCCCCCCCCCCCCCC)OCCCCCCCCCCCCCCCCCCCCCCCCC. The lowest BCUT2D eigenvalue weighted by molar-refractivity contribution is 0.0357. The first-order chi connectivity index (χ1) is 53.3. The van der Waals surface area contributed by atoms with Crippen molar-refractivity contribution in [1.29, 1.82) is 0 Å². The molecule has 644 valence electrons.